The molecule has 2 aromatic carbocycles. The molecule has 32 heavy (non-hydrogen) atoms. The Morgan fingerprint density at radius 2 is 1.88 bits per heavy atom. The van der Waals surface area contributed by atoms with Crippen molar-refractivity contribution in [3.8, 4) is 11.1 Å². The lowest BCUT2D eigenvalue weighted by Crippen LogP contribution is -2.12. The quantitative estimate of drug-likeness (QED) is 0.297. The molecule has 7 heteroatoms. The van der Waals surface area contributed by atoms with E-state index in [1.807, 2.05) is 24.3 Å². The number of halogens is 1. The Morgan fingerprint density at radius 1 is 1.03 bits per heavy atom. The van der Waals surface area contributed by atoms with Gasteiger partial charge in [-0.05, 0) is 39.9 Å². The number of pyridine rings is 1. The lowest BCUT2D eigenvalue weighted by atomic mass is 9.93. The smallest absolute Gasteiger partial charge is 0.310 e. The Kier molecular flexibility index (Phi) is 8.19. The van der Waals surface area contributed by atoms with E-state index >= 15 is 0 Å². The number of methoxy groups -OCH3 is 1. The molecular formula is C25H25FN2O4. The van der Waals surface area contributed by atoms with Crippen LogP contribution >= 0.6 is 0 Å². The van der Waals surface area contributed by atoms with E-state index in [0.29, 0.717) is 17.7 Å². The summed E-state index contributed by atoms with van der Waals surface area (Å²) >= 11 is 0. The second-order valence-electron chi connectivity index (χ2n) is 7.23. The molecule has 0 saturated heterocycles. The summed E-state index contributed by atoms with van der Waals surface area (Å²) in [6.45, 7) is 0.830. The third-order valence-corrected chi connectivity index (χ3v) is 5.00. The molecule has 0 fully saturated rings. The number of Topliss-reactive ketones (excluding diaryl/α,β-unsaturated/α-hetero) is 1. The van der Waals surface area contributed by atoms with Gasteiger partial charge in [-0.15, -0.1) is 0 Å². The van der Waals surface area contributed by atoms with E-state index in [2.05, 4.69) is 4.98 Å². The van der Waals surface area contributed by atoms with Crippen LogP contribution in [0.25, 0.3) is 11.1 Å². The van der Waals surface area contributed by atoms with Crippen LogP contribution in [0.5, 0.6) is 0 Å². The molecule has 2 N–H and O–H groups in total. The molecule has 166 valence electrons. The van der Waals surface area contributed by atoms with Gasteiger partial charge in [-0.2, -0.15) is 0 Å². The standard InChI is InChI=1S/C25H25FN2O4/c1-31-9-10-32-25(30)12-17-3-2-4-18(11-17)22-13-20(5-6-21(22)15-27)24(29)14-19-7-8-28-16-23(19)26/h2-8,11,13,16H,9-10,12,14-15,27H2,1H3. The van der Waals surface area contributed by atoms with Crippen LogP contribution in [0.4, 0.5) is 4.39 Å². The van der Waals surface area contributed by atoms with Gasteiger partial charge in [-0.1, -0.05) is 36.4 Å². The molecule has 1 aromatic heterocycles. The number of esters is 1. The van der Waals surface area contributed by atoms with E-state index in [-0.39, 0.29) is 37.7 Å². The molecule has 0 unspecified atom stereocenters. The second-order valence-corrected chi connectivity index (χ2v) is 7.23. The maximum atomic E-state index is 13.9. The zero-order valence-corrected chi connectivity index (χ0v) is 17.8. The van der Waals surface area contributed by atoms with Gasteiger partial charge in [0.25, 0.3) is 0 Å². The van der Waals surface area contributed by atoms with Crippen molar-refractivity contribution < 1.29 is 23.5 Å². The molecule has 0 amide bonds. The zero-order chi connectivity index (χ0) is 22.9. The molecule has 0 bridgehead atoms. The van der Waals surface area contributed by atoms with Crippen molar-refractivity contribution in [2.24, 2.45) is 5.73 Å². The lowest BCUT2D eigenvalue weighted by molar-refractivity contribution is -0.144. The fourth-order valence-electron chi connectivity index (χ4n) is 3.32. The van der Waals surface area contributed by atoms with Crippen LogP contribution in [0.3, 0.4) is 0 Å². The highest BCUT2D eigenvalue weighted by molar-refractivity contribution is 5.98. The van der Waals surface area contributed by atoms with Crippen molar-refractivity contribution in [2.75, 3.05) is 20.3 Å². The fraction of sp³-hybridized carbons (Fsp3) is 0.240. The summed E-state index contributed by atoms with van der Waals surface area (Å²) in [5.74, 6) is -1.07. The van der Waals surface area contributed by atoms with Gasteiger partial charge >= 0.3 is 5.97 Å². The van der Waals surface area contributed by atoms with Crippen molar-refractivity contribution in [2.45, 2.75) is 19.4 Å². The van der Waals surface area contributed by atoms with E-state index in [4.69, 9.17) is 15.2 Å². The first kappa shape index (κ1) is 23.2. The van der Waals surface area contributed by atoms with Gasteiger partial charge in [0.1, 0.15) is 12.4 Å². The van der Waals surface area contributed by atoms with Crippen LogP contribution < -0.4 is 5.73 Å². The number of ketones is 1. The minimum Gasteiger partial charge on any atom is -0.463 e. The van der Waals surface area contributed by atoms with E-state index in [0.717, 1.165) is 28.5 Å². The van der Waals surface area contributed by atoms with E-state index in [1.54, 1.807) is 25.3 Å². The molecule has 0 saturated carbocycles. The molecule has 0 spiro atoms. The van der Waals surface area contributed by atoms with Gasteiger partial charge < -0.3 is 15.2 Å². The molecule has 0 aliphatic carbocycles. The normalized spacial score (nSPS) is 10.7. The summed E-state index contributed by atoms with van der Waals surface area (Å²) in [7, 11) is 1.54. The van der Waals surface area contributed by atoms with Crippen LogP contribution in [-0.2, 0) is 33.7 Å². The first-order valence-corrected chi connectivity index (χ1v) is 10.2. The number of aromatic nitrogens is 1. The van der Waals surface area contributed by atoms with Crippen LogP contribution in [0, 0.1) is 5.82 Å². The summed E-state index contributed by atoms with van der Waals surface area (Å²) in [6.07, 6.45) is 2.61. The number of nitrogens with zero attached hydrogens (tertiary/aromatic N) is 1. The van der Waals surface area contributed by atoms with Gasteiger partial charge in [-0.3, -0.25) is 14.6 Å². The van der Waals surface area contributed by atoms with Gasteiger partial charge in [0.05, 0.1) is 19.2 Å². The average Bonchev–Trinajstić information content (AvgIpc) is 2.80. The molecule has 1 heterocycles. The molecular weight excluding hydrogens is 411 g/mol. The average molecular weight is 436 g/mol. The molecule has 3 rings (SSSR count). The van der Waals surface area contributed by atoms with E-state index in [9.17, 15) is 14.0 Å². The highest BCUT2D eigenvalue weighted by Gasteiger charge is 2.14. The number of hydrogen-bond acceptors (Lipinski definition) is 6. The Labute approximate surface area is 186 Å². The number of benzene rings is 2. The van der Waals surface area contributed by atoms with Gasteiger partial charge in [-0.25, -0.2) is 4.39 Å². The number of ether oxygens (including phenoxy) is 2. The Morgan fingerprint density at radius 3 is 2.62 bits per heavy atom. The molecule has 3 aromatic rings. The number of hydrogen-bond donors (Lipinski definition) is 1. The van der Waals surface area contributed by atoms with Crippen LogP contribution in [0.15, 0.2) is 60.9 Å². The van der Waals surface area contributed by atoms with Gasteiger partial charge in [0, 0.05) is 31.8 Å². The molecule has 0 atom stereocenters. The summed E-state index contributed by atoms with van der Waals surface area (Å²) in [5.41, 5.74) is 9.93. The van der Waals surface area contributed by atoms with Crippen molar-refractivity contribution in [3.05, 3.63) is 89.0 Å². The van der Waals surface area contributed by atoms with Crippen molar-refractivity contribution in [1.82, 2.24) is 4.98 Å². The number of nitrogens with two attached hydrogens (primary N) is 1. The Hall–Kier alpha value is -3.42. The number of rotatable bonds is 10. The Balaban J connectivity index is 1.83. The summed E-state index contributed by atoms with van der Waals surface area (Å²) in [4.78, 5) is 28.5. The molecule has 0 radical (unpaired) electrons. The second kappa shape index (κ2) is 11.3. The maximum Gasteiger partial charge on any atom is 0.310 e. The molecule has 0 aliphatic rings. The largest absolute Gasteiger partial charge is 0.463 e. The SMILES string of the molecule is COCCOC(=O)Cc1cccc(-c2cc(C(=O)Cc3ccncc3F)ccc2CN)c1. The summed E-state index contributed by atoms with van der Waals surface area (Å²) in [6, 6.07) is 14.2. The van der Waals surface area contributed by atoms with E-state index in [1.165, 1.54) is 12.3 Å². The maximum absolute atomic E-state index is 13.9. The summed E-state index contributed by atoms with van der Waals surface area (Å²) < 4.78 is 23.9. The molecule has 6 nitrogen and oxygen atoms in total. The zero-order valence-electron chi connectivity index (χ0n) is 17.8. The minimum absolute atomic E-state index is 0.0663. The molecule has 0 aliphatic heterocycles. The predicted octanol–water partition coefficient (Wildman–Crippen LogP) is 3.50. The van der Waals surface area contributed by atoms with Gasteiger partial charge in [0.2, 0.25) is 0 Å². The van der Waals surface area contributed by atoms with Crippen LogP contribution in [0.1, 0.15) is 27.0 Å². The highest BCUT2D eigenvalue weighted by atomic mass is 19.1. The van der Waals surface area contributed by atoms with Gasteiger partial charge in [0.15, 0.2) is 5.78 Å². The first-order valence-electron chi connectivity index (χ1n) is 10.2. The van der Waals surface area contributed by atoms with Crippen molar-refractivity contribution >= 4 is 11.8 Å². The first-order chi connectivity index (χ1) is 15.5. The highest BCUT2D eigenvalue weighted by Crippen LogP contribution is 2.27. The number of carbonyl (C=O) groups excluding carboxylic acids is 2. The predicted molar refractivity (Wildman–Crippen MR) is 119 cm³/mol. The van der Waals surface area contributed by atoms with Crippen molar-refractivity contribution in [1.29, 1.82) is 0 Å². The summed E-state index contributed by atoms with van der Waals surface area (Å²) in [5, 5.41) is 0. The van der Waals surface area contributed by atoms with Crippen molar-refractivity contribution in [3.63, 3.8) is 0 Å². The third-order valence-electron chi connectivity index (χ3n) is 5.00. The van der Waals surface area contributed by atoms with Crippen LogP contribution in [0.2, 0.25) is 0 Å². The van der Waals surface area contributed by atoms with Crippen LogP contribution in [-0.4, -0.2) is 37.1 Å². The monoisotopic (exact) mass is 436 g/mol. The number of carbonyl (C=O) groups is 2. The Bertz CT molecular complexity index is 1100. The van der Waals surface area contributed by atoms with E-state index < -0.39 is 5.82 Å². The third kappa shape index (κ3) is 6.06. The topological polar surface area (TPSA) is 91.5 Å². The minimum atomic E-state index is -0.510. The fourth-order valence-corrected chi connectivity index (χ4v) is 3.32. The lowest BCUT2D eigenvalue weighted by Gasteiger charge is -2.12.